The number of nitrogens with one attached hydrogen (secondary N) is 1. The van der Waals surface area contributed by atoms with Gasteiger partial charge in [-0.2, -0.15) is 5.10 Å². The lowest BCUT2D eigenvalue weighted by molar-refractivity contribution is 0.415. The maximum absolute atomic E-state index is 5.97. The van der Waals surface area contributed by atoms with Crippen molar-refractivity contribution in [3.05, 3.63) is 34.4 Å². The summed E-state index contributed by atoms with van der Waals surface area (Å²) in [6.07, 6.45) is 0. The first-order chi connectivity index (χ1) is 7.22. The van der Waals surface area contributed by atoms with Gasteiger partial charge in [-0.05, 0) is 12.1 Å². The van der Waals surface area contributed by atoms with Crippen LogP contribution >= 0.6 is 23.2 Å². The van der Waals surface area contributed by atoms with Crippen LogP contribution in [0.1, 0.15) is 0 Å². The van der Waals surface area contributed by atoms with Crippen LogP contribution in [-0.2, 0) is 0 Å². The molecule has 0 radical (unpaired) electrons. The van der Waals surface area contributed by atoms with Crippen LogP contribution in [0.4, 0.5) is 0 Å². The van der Waals surface area contributed by atoms with Gasteiger partial charge in [0.05, 0.1) is 7.11 Å². The summed E-state index contributed by atoms with van der Waals surface area (Å²) in [6.45, 7) is 0. The second-order valence-corrected chi connectivity index (χ2v) is 3.69. The summed E-state index contributed by atoms with van der Waals surface area (Å²) < 4.78 is 5.11. The van der Waals surface area contributed by atoms with E-state index in [9.17, 15) is 0 Å². The minimum atomic E-state index is 0.342. The summed E-state index contributed by atoms with van der Waals surface area (Å²) in [4.78, 5) is 0. The van der Waals surface area contributed by atoms with Crippen molar-refractivity contribution in [1.82, 2.24) is 10.2 Å². The SMILES string of the molecule is COc1cccc(-c2n[nH]c(Cl)c2Cl)c1. The topological polar surface area (TPSA) is 37.9 Å². The van der Waals surface area contributed by atoms with Crippen LogP contribution in [0.2, 0.25) is 10.2 Å². The Morgan fingerprint density at radius 1 is 1.33 bits per heavy atom. The smallest absolute Gasteiger partial charge is 0.143 e. The van der Waals surface area contributed by atoms with Crippen molar-refractivity contribution in [2.75, 3.05) is 7.11 Å². The van der Waals surface area contributed by atoms with Gasteiger partial charge in [0.15, 0.2) is 0 Å². The fraction of sp³-hybridized carbons (Fsp3) is 0.100. The molecule has 2 aromatic rings. The second kappa shape index (κ2) is 4.13. The fourth-order valence-electron chi connectivity index (χ4n) is 1.27. The summed E-state index contributed by atoms with van der Waals surface area (Å²) in [6, 6.07) is 7.46. The molecule has 1 heterocycles. The number of methoxy groups -OCH3 is 1. The van der Waals surface area contributed by atoms with E-state index in [1.807, 2.05) is 24.3 Å². The van der Waals surface area contributed by atoms with E-state index in [4.69, 9.17) is 27.9 Å². The minimum Gasteiger partial charge on any atom is -0.497 e. The van der Waals surface area contributed by atoms with Gasteiger partial charge < -0.3 is 4.74 Å². The molecule has 1 aromatic carbocycles. The Bertz CT molecular complexity index is 482. The van der Waals surface area contributed by atoms with Crippen molar-refractivity contribution in [3.63, 3.8) is 0 Å². The summed E-state index contributed by atoms with van der Waals surface area (Å²) in [5.41, 5.74) is 1.49. The van der Waals surface area contributed by atoms with Crippen LogP contribution < -0.4 is 4.74 Å². The second-order valence-electron chi connectivity index (χ2n) is 2.93. The maximum Gasteiger partial charge on any atom is 0.143 e. The third-order valence-corrected chi connectivity index (χ3v) is 2.75. The van der Waals surface area contributed by atoms with Gasteiger partial charge in [0.2, 0.25) is 0 Å². The Labute approximate surface area is 97.0 Å². The molecule has 3 nitrogen and oxygen atoms in total. The lowest BCUT2D eigenvalue weighted by atomic mass is 10.1. The van der Waals surface area contributed by atoms with Crippen molar-refractivity contribution in [1.29, 1.82) is 0 Å². The third-order valence-electron chi connectivity index (χ3n) is 2.01. The summed E-state index contributed by atoms with van der Waals surface area (Å²) in [7, 11) is 1.61. The van der Waals surface area contributed by atoms with Gasteiger partial charge in [-0.3, -0.25) is 5.10 Å². The standard InChI is InChI=1S/C10H8Cl2N2O/c1-15-7-4-2-3-6(5-7)9-8(11)10(12)14-13-9/h2-5H,1H3,(H,13,14). The van der Waals surface area contributed by atoms with E-state index in [0.717, 1.165) is 11.3 Å². The van der Waals surface area contributed by atoms with Crippen molar-refractivity contribution in [3.8, 4) is 17.0 Å². The summed E-state index contributed by atoms with van der Waals surface area (Å²) in [5, 5.41) is 7.40. The van der Waals surface area contributed by atoms with Crippen molar-refractivity contribution in [2.24, 2.45) is 0 Å². The largest absolute Gasteiger partial charge is 0.497 e. The molecular formula is C10H8Cl2N2O. The zero-order valence-corrected chi connectivity index (χ0v) is 9.43. The number of H-pyrrole nitrogens is 1. The summed E-state index contributed by atoms with van der Waals surface area (Å²) >= 11 is 11.7. The molecule has 0 saturated carbocycles. The zero-order chi connectivity index (χ0) is 10.8. The number of ether oxygens (including phenoxy) is 1. The van der Waals surface area contributed by atoms with Gasteiger partial charge in [0.25, 0.3) is 0 Å². The Balaban J connectivity index is 2.49. The molecule has 0 aliphatic rings. The number of halogens is 2. The number of hydrogen-bond acceptors (Lipinski definition) is 2. The van der Waals surface area contributed by atoms with Crippen molar-refractivity contribution < 1.29 is 4.74 Å². The van der Waals surface area contributed by atoms with Crippen molar-refractivity contribution in [2.45, 2.75) is 0 Å². The molecule has 78 valence electrons. The highest BCUT2D eigenvalue weighted by Gasteiger charge is 2.11. The number of hydrogen-bond donors (Lipinski definition) is 1. The van der Waals surface area contributed by atoms with E-state index in [-0.39, 0.29) is 0 Å². The van der Waals surface area contributed by atoms with Crippen LogP contribution in [0.25, 0.3) is 11.3 Å². The Hall–Kier alpha value is -1.19. The van der Waals surface area contributed by atoms with Gasteiger partial charge in [-0.15, -0.1) is 0 Å². The third kappa shape index (κ3) is 1.94. The van der Waals surface area contributed by atoms with E-state index in [0.29, 0.717) is 15.9 Å². The maximum atomic E-state index is 5.97. The predicted molar refractivity (Wildman–Crippen MR) is 60.6 cm³/mol. The highest BCUT2D eigenvalue weighted by molar-refractivity contribution is 6.42. The van der Waals surface area contributed by atoms with Gasteiger partial charge in [0.1, 0.15) is 21.6 Å². The Morgan fingerprint density at radius 3 is 2.73 bits per heavy atom. The van der Waals surface area contributed by atoms with Crippen LogP contribution in [-0.4, -0.2) is 17.3 Å². The molecule has 0 aliphatic carbocycles. The monoisotopic (exact) mass is 242 g/mol. The van der Waals surface area contributed by atoms with Crippen LogP contribution in [0.3, 0.4) is 0 Å². The van der Waals surface area contributed by atoms with Gasteiger partial charge >= 0.3 is 0 Å². The first-order valence-electron chi connectivity index (χ1n) is 4.26. The summed E-state index contributed by atoms with van der Waals surface area (Å²) in [5.74, 6) is 0.752. The normalized spacial score (nSPS) is 10.3. The fourth-order valence-corrected chi connectivity index (χ4v) is 1.59. The number of nitrogens with zero attached hydrogens (tertiary/aromatic N) is 1. The molecular weight excluding hydrogens is 235 g/mol. The van der Waals surface area contributed by atoms with Gasteiger partial charge in [-0.25, -0.2) is 0 Å². The number of rotatable bonds is 2. The molecule has 1 N–H and O–H groups in total. The molecule has 0 spiro atoms. The van der Waals surface area contributed by atoms with E-state index < -0.39 is 0 Å². The Kier molecular flexibility index (Phi) is 2.84. The lowest BCUT2D eigenvalue weighted by Crippen LogP contribution is -1.84. The average Bonchev–Trinajstić information content (AvgIpc) is 2.60. The predicted octanol–water partition coefficient (Wildman–Crippen LogP) is 3.39. The molecule has 0 amide bonds. The number of aromatic nitrogens is 2. The van der Waals surface area contributed by atoms with Crippen LogP contribution in [0.15, 0.2) is 24.3 Å². The molecule has 0 fully saturated rings. The van der Waals surface area contributed by atoms with E-state index >= 15 is 0 Å². The molecule has 0 aliphatic heterocycles. The van der Waals surface area contributed by atoms with Gasteiger partial charge in [-0.1, -0.05) is 35.3 Å². The van der Waals surface area contributed by atoms with E-state index in [1.54, 1.807) is 7.11 Å². The highest BCUT2D eigenvalue weighted by atomic mass is 35.5. The number of aromatic amines is 1. The van der Waals surface area contributed by atoms with Gasteiger partial charge in [0, 0.05) is 5.56 Å². The zero-order valence-electron chi connectivity index (χ0n) is 7.92. The molecule has 0 atom stereocenters. The van der Waals surface area contributed by atoms with Crippen molar-refractivity contribution >= 4 is 23.2 Å². The lowest BCUT2D eigenvalue weighted by Gasteiger charge is -2.01. The van der Waals surface area contributed by atoms with E-state index in [2.05, 4.69) is 10.2 Å². The molecule has 0 unspecified atom stereocenters. The average molecular weight is 243 g/mol. The number of benzene rings is 1. The molecule has 5 heteroatoms. The molecule has 0 saturated heterocycles. The highest BCUT2D eigenvalue weighted by Crippen LogP contribution is 2.32. The molecule has 0 bridgehead atoms. The molecule has 15 heavy (non-hydrogen) atoms. The van der Waals surface area contributed by atoms with E-state index in [1.165, 1.54) is 0 Å². The quantitative estimate of drug-likeness (QED) is 0.877. The minimum absolute atomic E-state index is 0.342. The Morgan fingerprint density at radius 2 is 2.13 bits per heavy atom. The molecule has 1 aromatic heterocycles. The first-order valence-corrected chi connectivity index (χ1v) is 5.01. The van der Waals surface area contributed by atoms with Crippen LogP contribution in [0, 0.1) is 0 Å². The van der Waals surface area contributed by atoms with Crippen LogP contribution in [0.5, 0.6) is 5.75 Å². The molecule has 2 rings (SSSR count). The first kappa shape index (κ1) is 10.3.